The van der Waals surface area contributed by atoms with Crippen molar-refractivity contribution in [3.8, 4) is 6.07 Å². The first-order valence-electron chi connectivity index (χ1n) is 7.25. The van der Waals surface area contributed by atoms with Crippen molar-refractivity contribution in [3.63, 3.8) is 0 Å². The van der Waals surface area contributed by atoms with Crippen LogP contribution in [0.1, 0.15) is 33.9 Å². The van der Waals surface area contributed by atoms with Crippen LogP contribution in [0.5, 0.6) is 0 Å². The second-order valence-electron chi connectivity index (χ2n) is 5.80. The van der Waals surface area contributed by atoms with Crippen LogP contribution in [0.3, 0.4) is 0 Å². The minimum Gasteiger partial charge on any atom is -0.387 e. The van der Waals surface area contributed by atoms with E-state index in [2.05, 4.69) is 0 Å². The minimum absolute atomic E-state index is 0.0944. The SMILES string of the molecule is Cc1cc(C)cc(CS(=O)(=O)CC(O)c2ccc(C#N)cc2)c1. The Hall–Kier alpha value is -2.16. The molecule has 0 saturated heterocycles. The monoisotopic (exact) mass is 329 g/mol. The standard InChI is InChI=1S/C18H19NO3S/c1-13-7-14(2)9-16(8-13)11-23(21,22)12-18(20)17-5-3-15(10-19)4-6-17/h3-9,18,20H,11-12H2,1-2H3. The van der Waals surface area contributed by atoms with Gasteiger partial charge < -0.3 is 5.11 Å². The minimum atomic E-state index is -3.45. The molecule has 0 amide bonds. The van der Waals surface area contributed by atoms with Gasteiger partial charge in [0.25, 0.3) is 0 Å². The molecule has 0 aliphatic rings. The lowest BCUT2D eigenvalue weighted by Gasteiger charge is -2.12. The highest BCUT2D eigenvalue weighted by atomic mass is 32.2. The van der Waals surface area contributed by atoms with E-state index >= 15 is 0 Å². The maximum Gasteiger partial charge on any atom is 0.157 e. The molecule has 2 aromatic carbocycles. The predicted octanol–water partition coefficient (Wildman–Crippen LogP) is 2.82. The lowest BCUT2D eigenvalue weighted by molar-refractivity contribution is 0.201. The Bertz CT molecular complexity index is 813. The summed E-state index contributed by atoms with van der Waals surface area (Å²) < 4.78 is 24.6. The number of nitriles is 1. The first-order chi connectivity index (χ1) is 10.8. The topological polar surface area (TPSA) is 78.2 Å². The second kappa shape index (κ2) is 6.95. The Morgan fingerprint density at radius 3 is 2.17 bits per heavy atom. The summed E-state index contributed by atoms with van der Waals surface area (Å²) in [6, 6.07) is 14.0. The average molecular weight is 329 g/mol. The van der Waals surface area contributed by atoms with Crippen LogP contribution < -0.4 is 0 Å². The highest BCUT2D eigenvalue weighted by Crippen LogP contribution is 2.19. The average Bonchev–Trinajstić information content (AvgIpc) is 2.45. The maximum atomic E-state index is 12.3. The zero-order valence-corrected chi connectivity index (χ0v) is 14.0. The van der Waals surface area contributed by atoms with Gasteiger partial charge in [-0.05, 0) is 37.1 Å². The van der Waals surface area contributed by atoms with Crippen molar-refractivity contribution in [1.82, 2.24) is 0 Å². The van der Waals surface area contributed by atoms with E-state index < -0.39 is 15.9 Å². The molecule has 1 unspecified atom stereocenters. The molecule has 0 saturated carbocycles. The fraction of sp³-hybridized carbons (Fsp3) is 0.278. The largest absolute Gasteiger partial charge is 0.387 e. The predicted molar refractivity (Wildman–Crippen MR) is 89.5 cm³/mol. The van der Waals surface area contributed by atoms with Crippen molar-refractivity contribution in [2.75, 3.05) is 5.75 Å². The van der Waals surface area contributed by atoms with Crippen molar-refractivity contribution in [2.45, 2.75) is 25.7 Å². The van der Waals surface area contributed by atoms with E-state index in [0.29, 0.717) is 11.1 Å². The van der Waals surface area contributed by atoms with Crippen molar-refractivity contribution in [1.29, 1.82) is 5.26 Å². The first-order valence-corrected chi connectivity index (χ1v) is 9.07. The molecule has 0 heterocycles. The summed E-state index contributed by atoms with van der Waals surface area (Å²) >= 11 is 0. The Morgan fingerprint density at radius 2 is 1.65 bits per heavy atom. The molecule has 23 heavy (non-hydrogen) atoms. The Kier molecular flexibility index (Phi) is 5.19. The van der Waals surface area contributed by atoms with Crippen LogP contribution in [0.15, 0.2) is 42.5 Å². The van der Waals surface area contributed by atoms with Gasteiger partial charge in [0, 0.05) is 0 Å². The number of aliphatic hydroxyl groups is 1. The molecule has 120 valence electrons. The molecule has 2 aromatic rings. The van der Waals surface area contributed by atoms with E-state index in [1.807, 2.05) is 38.1 Å². The van der Waals surface area contributed by atoms with Crippen LogP contribution in [-0.4, -0.2) is 19.3 Å². The molecule has 2 rings (SSSR count). The second-order valence-corrected chi connectivity index (χ2v) is 7.91. The smallest absolute Gasteiger partial charge is 0.157 e. The number of hydrogen-bond donors (Lipinski definition) is 1. The van der Waals surface area contributed by atoms with E-state index in [1.165, 1.54) is 0 Å². The molecule has 1 atom stereocenters. The Morgan fingerprint density at radius 1 is 1.09 bits per heavy atom. The fourth-order valence-electron chi connectivity index (χ4n) is 2.58. The third-order valence-electron chi connectivity index (χ3n) is 3.50. The Balaban J connectivity index is 2.12. The van der Waals surface area contributed by atoms with Gasteiger partial charge in [-0.15, -0.1) is 0 Å². The van der Waals surface area contributed by atoms with Crippen molar-refractivity contribution < 1.29 is 13.5 Å². The molecule has 0 fully saturated rings. The molecule has 5 heteroatoms. The molecule has 0 aliphatic carbocycles. The molecule has 0 radical (unpaired) electrons. The molecule has 1 N–H and O–H groups in total. The van der Waals surface area contributed by atoms with Gasteiger partial charge >= 0.3 is 0 Å². The van der Waals surface area contributed by atoms with Gasteiger partial charge in [-0.1, -0.05) is 41.5 Å². The number of rotatable bonds is 5. The third-order valence-corrected chi connectivity index (χ3v) is 5.10. The van der Waals surface area contributed by atoms with Gasteiger partial charge in [0.15, 0.2) is 9.84 Å². The van der Waals surface area contributed by atoms with E-state index in [4.69, 9.17) is 5.26 Å². The summed E-state index contributed by atoms with van der Waals surface area (Å²) in [5.74, 6) is -0.436. The van der Waals surface area contributed by atoms with Crippen LogP contribution in [0.4, 0.5) is 0 Å². The van der Waals surface area contributed by atoms with Crippen LogP contribution >= 0.6 is 0 Å². The summed E-state index contributed by atoms with van der Waals surface area (Å²) in [7, 11) is -3.45. The van der Waals surface area contributed by atoms with Gasteiger partial charge in [0.1, 0.15) is 0 Å². The molecule has 4 nitrogen and oxygen atoms in total. The van der Waals surface area contributed by atoms with E-state index in [-0.39, 0.29) is 11.5 Å². The molecule has 0 spiro atoms. The van der Waals surface area contributed by atoms with Gasteiger partial charge in [-0.25, -0.2) is 8.42 Å². The molecular weight excluding hydrogens is 310 g/mol. The number of sulfone groups is 1. The van der Waals surface area contributed by atoms with Crippen molar-refractivity contribution >= 4 is 9.84 Å². The lowest BCUT2D eigenvalue weighted by atomic mass is 10.1. The van der Waals surface area contributed by atoms with Crippen LogP contribution in [0.2, 0.25) is 0 Å². The molecular formula is C18H19NO3S. The summed E-state index contributed by atoms with van der Waals surface area (Å²) in [6.07, 6.45) is -1.10. The third kappa shape index (κ3) is 4.92. The van der Waals surface area contributed by atoms with E-state index in [1.54, 1.807) is 24.3 Å². The van der Waals surface area contributed by atoms with Gasteiger partial charge in [0.2, 0.25) is 0 Å². The highest BCUT2D eigenvalue weighted by molar-refractivity contribution is 7.90. The first kappa shape index (κ1) is 17.2. The number of aliphatic hydroxyl groups excluding tert-OH is 1. The normalized spacial score (nSPS) is 12.6. The zero-order valence-electron chi connectivity index (χ0n) is 13.2. The van der Waals surface area contributed by atoms with Crippen LogP contribution in [0, 0.1) is 25.2 Å². The number of aryl methyl sites for hydroxylation is 2. The number of nitrogens with zero attached hydrogens (tertiary/aromatic N) is 1. The van der Waals surface area contributed by atoms with Crippen LogP contribution in [0.25, 0.3) is 0 Å². The fourth-order valence-corrected chi connectivity index (χ4v) is 4.05. The molecule has 0 bridgehead atoms. The molecule has 0 aromatic heterocycles. The summed E-state index contributed by atoms with van der Waals surface area (Å²) in [5.41, 5.74) is 3.73. The van der Waals surface area contributed by atoms with Crippen molar-refractivity contribution in [2.24, 2.45) is 0 Å². The Labute approximate surface area is 136 Å². The van der Waals surface area contributed by atoms with Gasteiger partial charge in [-0.3, -0.25) is 0 Å². The number of benzene rings is 2. The van der Waals surface area contributed by atoms with Crippen LogP contribution in [-0.2, 0) is 15.6 Å². The zero-order chi connectivity index (χ0) is 17.0. The number of hydrogen-bond acceptors (Lipinski definition) is 4. The molecule has 0 aliphatic heterocycles. The summed E-state index contributed by atoms with van der Waals surface area (Å²) in [6.45, 7) is 3.85. The van der Waals surface area contributed by atoms with E-state index in [0.717, 1.165) is 16.7 Å². The van der Waals surface area contributed by atoms with Crippen molar-refractivity contribution in [3.05, 3.63) is 70.3 Å². The highest BCUT2D eigenvalue weighted by Gasteiger charge is 2.19. The maximum absolute atomic E-state index is 12.3. The summed E-state index contributed by atoms with van der Waals surface area (Å²) in [4.78, 5) is 0. The lowest BCUT2D eigenvalue weighted by Crippen LogP contribution is -2.16. The summed E-state index contributed by atoms with van der Waals surface area (Å²) in [5, 5.41) is 18.9. The van der Waals surface area contributed by atoms with E-state index in [9.17, 15) is 13.5 Å². The quantitative estimate of drug-likeness (QED) is 0.915. The van der Waals surface area contributed by atoms with Gasteiger partial charge in [0.05, 0.1) is 29.2 Å². The van der Waals surface area contributed by atoms with Gasteiger partial charge in [-0.2, -0.15) is 5.26 Å².